The molecule has 0 bridgehead atoms. The van der Waals surface area contributed by atoms with Gasteiger partial charge in [0.1, 0.15) is 6.61 Å². The number of aryl methyl sites for hydroxylation is 1. The highest BCUT2D eigenvalue weighted by Gasteiger charge is 2.06. The fourth-order valence-electron chi connectivity index (χ4n) is 1.08. The Bertz CT molecular complexity index is 294. The summed E-state index contributed by atoms with van der Waals surface area (Å²) < 4.78 is 33.4. The average molecular weight is 235 g/mol. The summed E-state index contributed by atoms with van der Waals surface area (Å²) in [6.45, 7) is 0.159. The summed E-state index contributed by atoms with van der Waals surface area (Å²) in [4.78, 5) is 0. The van der Waals surface area contributed by atoms with Crippen molar-refractivity contribution in [2.45, 2.75) is 25.7 Å². The lowest BCUT2D eigenvalue weighted by Crippen LogP contribution is -2.07. The maximum Gasteiger partial charge on any atom is 0.261 e. The molecule has 1 heterocycles. The molecule has 0 amide bonds. The van der Waals surface area contributed by atoms with E-state index in [9.17, 15) is 8.78 Å². The van der Waals surface area contributed by atoms with E-state index in [-0.39, 0.29) is 6.61 Å². The first-order chi connectivity index (χ1) is 7.72. The van der Waals surface area contributed by atoms with Gasteiger partial charge in [-0.25, -0.2) is 8.78 Å². The Hall–Kier alpha value is -1.08. The van der Waals surface area contributed by atoms with Crippen molar-refractivity contribution in [1.82, 2.24) is 10.2 Å². The average Bonchev–Trinajstić information content (AvgIpc) is 2.69. The Morgan fingerprint density at radius 1 is 1.25 bits per heavy atom. The second kappa shape index (κ2) is 7.24. The summed E-state index contributed by atoms with van der Waals surface area (Å²) in [6, 6.07) is 0. The van der Waals surface area contributed by atoms with Crippen LogP contribution in [0.2, 0.25) is 0 Å². The minimum Gasteiger partial charge on any atom is -0.425 e. The van der Waals surface area contributed by atoms with Crippen molar-refractivity contribution < 1.29 is 17.9 Å². The van der Waals surface area contributed by atoms with Gasteiger partial charge in [-0.3, -0.25) is 0 Å². The molecule has 5 nitrogen and oxygen atoms in total. The number of hydrogen-bond donors (Lipinski definition) is 1. The van der Waals surface area contributed by atoms with Gasteiger partial charge in [-0.15, -0.1) is 10.2 Å². The topological polar surface area (TPSA) is 74.2 Å². The van der Waals surface area contributed by atoms with Crippen molar-refractivity contribution in [2.24, 2.45) is 5.73 Å². The van der Waals surface area contributed by atoms with Gasteiger partial charge in [-0.05, 0) is 13.0 Å². The molecule has 0 aliphatic carbocycles. The zero-order valence-corrected chi connectivity index (χ0v) is 8.86. The first kappa shape index (κ1) is 13.0. The molecule has 0 unspecified atom stereocenters. The molecule has 0 radical (unpaired) electrons. The molecular formula is C9H15F2N3O2. The van der Waals surface area contributed by atoms with E-state index in [1.807, 2.05) is 0 Å². The lowest BCUT2D eigenvalue weighted by atomic mass is 10.3. The minimum absolute atomic E-state index is 0.156. The molecule has 1 aromatic heterocycles. The van der Waals surface area contributed by atoms with Gasteiger partial charge < -0.3 is 14.9 Å². The van der Waals surface area contributed by atoms with E-state index >= 15 is 0 Å². The third-order valence-corrected chi connectivity index (χ3v) is 1.81. The van der Waals surface area contributed by atoms with Crippen LogP contribution in [0.5, 0.6) is 0 Å². The van der Waals surface area contributed by atoms with Crippen LogP contribution in [0, 0.1) is 0 Å². The van der Waals surface area contributed by atoms with Crippen LogP contribution in [0.15, 0.2) is 4.42 Å². The summed E-state index contributed by atoms with van der Waals surface area (Å²) in [6.07, 6.45) is -0.671. The molecule has 92 valence electrons. The largest absolute Gasteiger partial charge is 0.425 e. The summed E-state index contributed by atoms with van der Waals surface area (Å²) in [5, 5.41) is 7.55. The molecule has 1 rings (SSSR count). The van der Waals surface area contributed by atoms with Crippen LogP contribution < -0.4 is 5.73 Å². The van der Waals surface area contributed by atoms with Gasteiger partial charge in [0, 0.05) is 12.8 Å². The van der Waals surface area contributed by atoms with Crippen LogP contribution in [0.4, 0.5) is 8.78 Å². The second-order valence-corrected chi connectivity index (χ2v) is 3.20. The highest BCUT2D eigenvalue weighted by atomic mass is 19.3. The number of alkyl halides is 2. The van der Waals surface area contributed by atoms with E-state index in [2.05, 4.69) is 10.2 Å². The second-order valence-electron chi connectivity index (χ2n) is 3.20. The maximum absolute atomic E-state index is 11.7. The number of aromatic nitrogens is 2. The van der Waals surface area contributed by atoms with Gasteiger partial charge in [0.25, 0.3) is 6.43 Å². The quantitative estimate of drug-likeness (QED) is 0.674. The fraction of sp³-hybridized carbons (Fsp3) is 0.778. The molecular weight excluding hydrogens is 220 g/mol. The smallest absolute Gasteiger partial charge is 0.261 e. The first-order valence-corrected chi connectivity index (χ1v) is 5.09. The van der Waals surface area contributed by atoms with Crippen LogP contribution in [0.3, 0.4) is 0 Å². The number of halogens is 2. The molecule has 0 saturated heterocycles. The summed E-state index contributed by atoms with van der Waals surface area (Å²) >= 11 is 0. The molecule has 16 heavy (non-hydrogen) atoms. The molecule has 0 aliphatic heterocycles. The lowest BCUT2D eigenvalue weighted by Gasteiger charge is -1.99. The van der Waals surface area contributed by atoms with Gasteiger partial charge in [0.15, 0.2) is 0 Å². The highest BCUT2D eigenvalue weighted by Crippen LogP contribution is 2.03. The third-order valence-electron chi connectivity index (χ3n) is 1.81. The Kier molecular flexibility index (Phi) is 5.87. The van der Waals surface area contributed by atoms with Gasteiger partial charge in [0.2, 0.25) is 11.8 Å². The lowest BCUT2D eigenvalue weighted by molar-refractivity contribution is 0.0173. The Morgan fingerprint density at radius 2 is 1.94 bits per heavy atom. The number of nitrogens with zero attached hydrogens (tertiary/aromatic N) is 2. The predicted octanol–water partition coefficient (Wildman–Crippen LogP) is 0.785. The number of rotatable bonds is 8. The van der Waals surface area contributed by atoms with Crippen molar-refractivity contribution in [3.05, 3.63) is 11.8 Å². The highest BCUT2D eigenvalue weighted by molar-refractivity contribution is 4.82. The maximum atomic E-state index is 11.7. The van der Waals surface area contributed by atoms with Crippen molar-refractivity contribution in [1.29, 1.82) is 0 Å². The van der Waals surface area contributed by atoms with Gasteiger partial charge in [-0.1, -0.05) is 0 Å². The van der Waals surface area contributed by atoms with E-state index < -0.39 is 13.0 Å². The van der Waals surface area contributed by atoms with E-state index in [0.717, 1.165) is 6.42 Å². The van der Waals surface area contributed by atoms with Crippen LogP contribution in [0.1, 0.15) is 18.2 Å². The standard InChI is InChI=1S/C9H15F2N3O2/c10-7(11)6-15-5-3-9-14-13-8(16-9)2-1-4-12/h7H,1-6,12H2. The van der Waals surface area contributed by atoms with Crippen LogP contribution in [-0.2, 0) is 17.6 Å². The Labute approximate surface area is 92.0 Å². The van der Waals surface area contributed by atoms with E-state index in [1.165, 1.54) is 0 Å². The van der Waals surface area contributed by atoms with Crippen molar-refractivity contribution >= 4 is 0 Å². The van der Waals surface area contributed by atoms with Crippen molar-refractivity contribution in [2.75, 3.05) is 19.8 Å². The van der Waals surface area contributed by atoms with Crippen LogP contribution in [-0.4, -0.2) is 36.4 Å². The molecule has 0 aromatic carbocycles. The summed E-state index contributed by atoms with van der Waals surface area (Å²) in [5.74, 6) is 0.926. The minimum atomic E-state index is -2.44. The zero-order chi connectivity index (χ0) is 11.8. The molecule has 0 atom stereocenters. The SMILES string of the molecule is NCCCc1nnc(CCOCC(F)F)o1. The van der Waals surface area contributed by atoms with E-state index in [1.54, 1.807) is 0 Å². The van der Waals surface area contributed by atoms with Gasteiger partial charge >= 0.3 is 0 Å². The van der Waals surface area contributed by atoms with Crippen molar-refractivity contribution in [3.63, 3.8) is 0 Å². The Balaban J connectivity index is 2.19. The van der Waals surface area contributed by atoms with E-state index in [0.29, 0.717) is 31.2 Å². The molecule has 7 heteroatoms. The molecule has 0 saturated carbocycles. The number of hydrogen-bond acceptors (Lipinski definition) is 5. The fourth-order valence-corrected chi connectivity index (χ4v) is 1.08. The Morgan fingerprint density at radius 3 is 2.56 bits per heavy atom. The van der Waals surface area contributed by atoms with Crippen LogP contribution in [0.25, 0.3) is 0 Å². The number of ether oxygens (including phenoxy) is 1. The molecule has 2 N–H and O–H groups in total. The molecule has 1 aromatic rings. The first-order valence-electron chi connectivity index (χ1n) is 5.09. The van der Waals surface area contributed by atoms with Crippen molar-refractivity contribution in [3.8, 4) is 0 Å². The van der Waals surface area contributed by atoms with Crippen LogP contribution >= 0.6 is 0 Å². The van der Waals surface area contributed by atoms with E-state index in [4.69, 9.17) is 14.9 Å². The normalized spacial score (nSPS) is 11.2. The summed E-state index contributed by atoms with van der Waals surface area (Å²) in [5.41, 5.74) is 5.33. The monoisotopic (exact) mass is 235 g/mol. The zero-order valence-electron chi connectivity index (χ0n) is 8.86. The third kappa shape index (κ3) is 5.13. The molecule has 0 aliphatic rings. The van der Waals surface area contributed by atoms with Gasteiger partial charge in [-0.2, -0.15) is 0 Å². The predicted molar refractivity (Wildman–Crippen MR) is 52.2 cm³/mol. The molecule has 0 fully saturated rings. The number of nitrogens with two attached hydrogens (primary N) is 1. The molecule has 0 spiro atoms. The van der Waals surface area contributed by atoms with Gasteiger partial charge in [0.05, 0.1) is 6.61 Å². The summed E-state index contributed by atoms with van der Waals surface area (Å²) in [7, 11) is 0.